The van der Waals surface area contributed by atoms with Crippen LogP contribution >= 0.6 is 11.8 Å². The molecule has 9 heteroatoms. The number of hydrogen-bond donors (Lipinski definition) is 3. The second-order valence-electron chi connectivity index (χ2n) is 7.13. The molecule has 6 atom stereocenters. The van der Waals surface area contributed by atoms with Crippen LogP contribution in [0.2, 0.25) is 0 Å². The third kappa shape index (κ3) is 2.91. The van der Waals surface area contributed by atoms with E-state index in [0.717, 1.165) is 16.7 Å². The third-order valence-corrected chi connectivity index (χ3v) is 6.53. The van der Waals surface area contributed by atoms with Crippen molar-refractivity contribution in [3.05, 3.63) is 10.6 Å². The van der Waals surface area contributed by atoms with E-state index in [2.05, 4.69) is 5.32 Å². The zero-order valence-corrected chi connectivity index (χ0v) is 15.6. The van der Waals surface area contributed by atoms with Gasteiger partial charge in [-0.1, -0.05) is 6.85 Å². The molecule has 0 bridgehead atoms. The van der Waals surface area contributed by atoms with Crippen LogP contribution in [0.3, 0.4) is 0 Å². The number of carboxylic acids is 1. The molecule has 2 saturated heterocycles. The molecule has 3 aliphatic heterocycles. The summed E-state index contributed by atoms with van der Waals surface area (Å²) in [6.07, 6.45) is -0.659. The Morgan fingerprint density at radius 2 is 2.15 bits per heavy atom. The number of likely N-dealkylation sites (N-methyl/N-ethyl adjacent to an activating group) is 1. The molecule has 2 amide bonds. The Bertz CT molecular complexity index is 770. The molecule has 0 aliphatic carbocycles. The maximum atomic E-state index is 12.5. The fourth-order valence-electron chi connectivity index (χ4n) is 3.87. The van der Waals surface area contributed by atoms with Crippen molar-refractivity contribution < 1.29 is 28.7 Å². The minimum absolute atomic E-state index is 0.104. The van der Waals surface area contributed by atoms with Crippen molar-refractivity contribution in [1.82, 2.24) is 15.1 Å². The summed E-state index contributed by atoms with van der Waals surface area (Å²) in [6.45, 7) is -0.723. The van der Waals surface area contributed by atoms with E-state index in [1.165, 1.54) is 11.8 Å². The average molecular weight is 386 g/mol. The standard InChI is InChI=1S/C17H25N3O5S/c1-7-12-11(8(2)21)16(23)20(12)13(17(24)25)14(7)26-9-5-10(18-6-9)15(22)19(3)4/h7-12,18,21H,5-6H2,1-4H3,(H,24,25)/t7-,8-,9+,10+,11-,12-/m1/s1/i1D3. The van der Waals surface area contributed by atoms with Crippen molar-refractivity contribution in [3.63, 3.8) is 0 Å². The molecule has 0 saturated carbocycles. The number of aliphatic hydroxyl groups is 1. The summed E-state index contributed by atoms with van der Waals surface area (Å²) >= 11 is 1.11. The molecular weight excluding hydrogens is 358 g/mol. The van der Waals surface area contributed by atoms with Gasteiger partial charge in [-0.15, -0.1) is 11.8 Å². The topological polar surface area (TPSA) is 110 Å². The van der Waals surface area contributed by atoms with Gasteiger partial charge in [0.25, 0.3) is 0 Å². The van der Waals surface area contributed by atoms with Crippen LogP contribution in [0, 0.1) is 11.8 Å². The number of aliphatic carboxylic acids is 1. The van der Waals surface area contributed by atoms with E-state index in [9.17, 15) is 24.6 Å². The molecule has 26 heavy (non-hydrogen) atoms. The first-order valence-electron chi connectivity index (χ1n) is 9.96. The van der Waals surface area contributed by atoms with Gasteiger partial charge in [-0.3, -0.25) is 9.59 Å². The highest BCUT2D eigenvalue weighted by atomic mass is 32.2. The van der Waals surface area contributed by atoms with E-state index < -0.39 is 48.8 Å². The molecule has 0 aromatic carbocycles. The molecular formula is C17H25N3O5S. The van der Waals surface area contributed by atoms with Gasteiger partial charge in [0.15, 0.2) is 0 Å². The number of β-lactam (4-membered cyclic amide) rings is 1. The number of nitrogens with one attached hydrogen (secondary N) is 1. The monoisotopic (exact) mass is 386 g/mol. The number of hydrogen-bond acceptors (Lipinski definition) is 6. The average Bonchev–Trinajstić information content (AvgIpc) is 3.14. The van der Waals surface area contributed by atoms with Crippen molar-refractivity contribution in [2.45, 2.75) is 43.6 Å². The fourth-order valence-corrected chi connectivity index (χ4v) is 5.28. The van der Waals surface area contributed by atoms with Crippen molar-refractivity contribution in [2.24, 2.45) is 11.8 Å². The van der Waals surface area contributed by atoms with Crippen LogP contribution in [-0.2, 0) is 14.4 Å². The molecule has 0 radical (unpaired) electrons. The van der Waals surface area contributed by atoms with Crippen LogP contribution < -0.4 is 5.32 Å². The molecule has 3 N–H and O–H groups in total. The van der Waals surface area contributed by atoms with Gasteiger partial charge in [0.1, 0.15) is 5.70 Å². The maximum Gasteiger partial charge on any atom is 0.353 e. The van der Waals surface area contributed by atoms with Crippen LogP contribution in [0.15, 0.2) is 10.6 Å². The van der Waals surface area contributed by atoms with E-state index in [0.29, 0.717) is 13.0 Å². The summed E-state index contributed by atoms with van der Waals surface area (Å²) in [6, 6.07) is -1.33. The molecule has 0 unspecified atom stereocenters. The zero-order chi connectivity index (χ0) is 21.8. The van der Waals surface area contributed by atoms with Gasteiger partial charge in [-0.2, -0.15) is 0 Å². The first kappa shape index (κ1) is 15.5. The van der Waals surface area contributed by atoms with Gasteiger partial charge in [-0.05, 0) is 13.3 Å². The Morgan fingerprint density at radius 3 is 2.69 bits per heavy atom. The molecule has 8 nitrogen and oxygen atoms in total. The largest absolute Gasteiger partial charge is 0.477 e. The summed E-state index contributed by atoms with van der Waals surface area (Å²) in [5, 5.41) is 22.6. The predicted octanol–water partition coefficient (Wildman–Crippen LogP) is -0.308. The van der Waals surface area contributed by atoms with E-state index in [1.54, 1.807) is 14.1 Å². The number of thioether (sulfide) groups is 1. The number of amides is 2. The minimum Gasteiger partial charge on any atom is -0.477 e. The van der Waals surface area contributed by atoms with Crippen molar-refractivity contribution in [3.8, 4) is 0 Å². The number of carboxylic acid groups (broad SMARTS) is 1. The number of nitrogens with zero attached hydrogens (tertiary/aromatic N) is 2. The van der Waals surface area contributed by atoms with E-state index in [1.807, 2.05) is 0 Å². The number of aliphatic hydroxyl groups excluding tert-OH is 1. The van der Waals surface area contributed by atoms with Gasteiger partial charge in [0.05, 0.1) is 24.1 Å². The van der Waals surface area contributed by atoms with Gasteiger partial charge >= 0.3 is 5.97 Å². The molecule has 3 rings (SSSR count). The number of carbonyl (C=O) groups excluding carboxylic acids is 2. The van der Waals surface area contributed by atoms with Crippen LogP contribution in [0.1, 0.15) is 24.3 Å². The normalized spacial score (nSPS) is 36.8. The second kappa shape index (κ2) is 6.86. The van der Waals surface area contributed by atoms with Crippen LogP contribution in [0.4, 0.5) is 0 Å². The summed E-state index contributed by atoms with van der Waals surface area (Å²) in [5.41, 5.74) is -0.314. The van der Waals surface area contributed by atoms with Crippen molar-refractivity contribution >= 4 is 29.5 Å². The third-order valence-electron chi connectivity index (χ3n) is 5.13. The van der Waals surface area contributed by atoms with Gasteiger partial charge in [0.2, 0.25) is 11.8 Å². The van der Waals surface area contributed by atoms with E-state index >= 15 is 0 Å². The molecule has 0 aromatic rings. The fraction of sp³-hybridized carbons (Fsp3) is 0.706. The minimum atomic E-state index is -2.54. The lowest BCUT2D eigenvalue weighted by Crippen LogP contribution is -2.63. The summed E-state index contributed by atoms with van der Waals surface area (Å²) in [7, 11) is 3.29. The second-order valence-corrected chi connectivity index (χ2v) is 8.47. The number of rotatable bonds is 5. The SMILES string of the molecule is [2H]C([2H])([2H])[C@H]1C(S[C@@H]2CN[C@H](C(=O)N(C)C)C2)=C(C(=O)O)N2C(=O)[C@H]([C@@H](C)O)[C@@H]12. The van der Waals surface area contributed by atoms with Crippen molar-refractivity contribution in [1.29, 1.82) is 0 Å². The maximum absolute atomic E-state index is 12.5. The van der Waals surface area contributed by atoms with Gasteiger partial charge < -0.3 is 25.3 Å². The highest BCUT2D eigenvalue weighted by molar-refractivity contribution is 8.03. The molecule has 144 valence electrons. The quantitative estimate of drug-likeness (QED) is 0.556. The highest BCUT2D eigenvalue weighted by Crippen LogP contribution is 2.51. The lowest BCUT2D eigenvalue weighted by Gasteiger charge is -2.46. The Labute approximate surface area is 160 Å². The van der Waals surface area contributed by atoms with Crippen LogP contribution in [-0.4, -0.2) is 81.9 Å². The molecule has 0 aromatic heterocycles. The smallest absolute Gasteiger partial charge is 0.353 e. The lowest BCUT2D eigenvalue weighted by atomic mass is 9.79. The van der Waals surface area contributed by atoms with Gasteiger partial charge in [0, 0.05) is 40.8 Å². The van der Waals surface area contributed by atoms with Crippen LogP contribution in [0.5, 0.6) is 0 Å². The predicted molar refractivity (Wildman–Crippen MR) is 96.1 cm³/mol. The number of fused-ring (bicyclic) bond motifs is 1. The Kier molecular flexibility index (Phi) is 4.08. The molecule has 3 aliphatic rings. The van der Waals surface area contributed by atoms with E-state index in [-0.39, 0.29) is 21.8 Å². The summed E-state index contributed by atoms with van der Waals surface area (Å²) < 4.78 is 23.9. The Balaban J connectivity index is 1.92. The lowest BCUT2D eigenvalue weighted by molar-refractivity contribution is -0.163. The van der Waals surface area contributed by atoms with E-state index in [4.69, 9.17) is 4.11 Å². The van der Waals surface area contributed by atoms with Crippen molar-refractivity contribution in [2.75, 3.05) is 20.6 Å². The Morgan fingerprint density at radius 1 is 1.46 bits per heavy atom. The molecule has 0 spiro atoms. The molecule has 2 fully saturated rings. The summed E-state index contributed by atoms with van der Waals surface area (Å²) in [5.74, 6) is -4.17. The van der Waals surface area contributed by atoms with Gasteiger partial charge in [-0.25, -0.2) is 4.79 Å². The first-order chi connectivity index (χ1) is 13.4. The number of carbonyl (C=O) groups is 3. The molecule has 3 heterocycles. The zero-order valence-electron chi connectivity index (χ0n) is 17.8. The first-order valence-corrected chi connectivity index (χ1v) is 9.34. The van der Waals surface area contributed by atoms with Crippen LogP contribution in [0.25, 0.3) is 0 Å². The Hall–Kier alpha value is -1.58. The highest BCUT2D eigenvalue weighted by Gasteiger charge is 2.60. The summed E-state index contributed by atoms with van der Waals surface area (Å²) in [4.78, 5) is 39.2.